The molecule has 1 aromatic rings. The second kappa shape index (κ2) is 6.26. The molecule has 0 fully saturated rings. The average molecular weight is 264 g/mol. The zero-order valence-electron chi connectivity index (χ0n) is 12.0. The fourth-order valence-corrected chi connectivity index (χ4v) is 2.31. The third-order valence-electron chi connectivity index (χ3n) is 3.89. The lowest BCUT2D eigenvalue weighted by Gasteiger charge is -2.27. The lowest BCUT2D eigenvalue weighted by atomic mass is 9.86. The minimum absolute atomic E-state index is 0.122. The van der Waals surface area contributed by atoms with E-state index in [2.05, 4.69) is 32.3 Å². The van der Waals surface area contributed by atoms with Crippen LogP contribution < -0.4 is 20.7 Å². The molecule has 4 nitrogen and oxygen atoms in total. The van der Waals surface area contributed by atoms with Crippen LogP contribution in [0.3, 0.4) is 0 Å². The predicted molar refractivity (Wildman–Crippen MR) is 76.1 cm³/mol. The van der Waals surface area contributed by atoms with E-state index in [1.807, 2.05) is 12.1 Å². The second-order valence-corrected chi connectivity index (χ2v) is 5.50. The number of hydrazine groups is 1. The van der Waals surface area contributed by atoms with Gasteiger partial charge < -0.3 is 9.47 Å². The highest BCUT2D eigenvalue weighted by atomic mass is 16.5. The molecule has 1 aliphatic rings. The Kier molecular flexibility index (Phi) is 4.66. The van der Waals surface area contributed by atoms with Crippen molar-refractivity contribution < 1.29 is 9.47 Å². The quantitative estimate of drug-likeness (QED) is 0.648. The summed E-state index contributed by atoms with van der Waals surface area (Å²) < 4.78 is 11.4. The van der Waals surface area contributed by atoms with Gasteiger partial charge in [0.25, 0.3) is 0 Å². The van der Waals surface area contributed by atoms with E-state index >= 15 is 0 Å². The molecule has 4 heteroatoms. The molecule has 0 saturated heterocycles. The Labute approximate surface area is 115 Å². The van der Waals surface area contributed by atoms with Gasteiger partial charge in [-0.1, -0.05) is 26.8 Å². The smallest absolute Gasteiger partial charge is 0.161 e. The number of benzene rings is 1. The number of fused-ring (bicyclic) bond motifs is 1. The molecule has 2 unspecified atom stereocenters. The van der Waals surface area contributed by atoms with E-state index in [4.69, 9.17) is 15.3 Å². The molecule has 1 aromatic carbocycles. The maximum atomic E-state index is 5.73. The van der Waals surface area contributed by atoms with Crippen LogP contribution in [0, 0.1) is 11.8 Å². The van der Waals surface area contributed by atoms with E-state index in [-0.39, 0.29) is 6.04 Å². The van der Waals surface area contributed by atoms with Gasteiger partial charge in [0.2, 0.25) is 0 Å². The molecule has 3 N–H and O–H groups in total. The Morgan fingerprint density at radius 3 is 2.42 bits per heavy atom. The fourth-order valence-electron chi connectivity index (χ4n) is 2.31. The molecule has 1 heterocycles. The Morgan fingerprint density at radius 1 is 1.11 bits per heavy atom. The van der Waals surface area contributed by atoms with E-state index in [0.717, 1.165) is 23.5 Å². The summed E-state index contributed by atoms with van der Waals surface area (Å²) in [7, 11) is 0. The van der Waals surface area contributed by atoms with Crippen LogP contribution >= 0.6 is 0 Å². The van der Waals surface area contributed by atoms with Crippen molar-refractivity contribution in [3.8, 4) is 11.5 Å². The van der Waals surface area contributed by atoms with E-state index < -0.39 is 0 Å². The summed E-state index contributed by atoms with van der Waals surface area (Å²) >= 11 is 0. The molecule has 0 bridgehead atoms. The van der Waals surface area contributed by atoms with Gasteiger partial charge in [0, 0.05) is 12.5 Å². The second-order valence-electron chi connectivity index (χ2n) is 5.50. The summed E-state index contributed by atoms with van der Waals surface area (Å²) in [5, 5.41) is 0. The molecule has 0 saturated carbocycles. The van der Waals surface area contributed by atoms with E-state index in [1.165, 1.54) is 0 Å². The molecule has 0 spiro atoms. The van der Waals surface area contributed by atoms with Crippen LogP contribution in [-0.4, -0.2) is 13.2 Å². The molecule has 106 valence electrons. The van der Waals surface area contributed by atoms with Gasteiger partial charge in [-0.15, -0.1) is 0 Å². The number of ether oxygens (including phenoxy) is 2. The van der Waals surface area contributed by atoms with Crippen molar-refractivity contribution in [2.75, 3.05) is 13.2 Å². The van der Waals surface area contributed by atoms with Gasteiger partial charge in [-0.2, -0.15) is 0 Å². The first-order chi connectivity index (χ1) is 9.13. The van der Waals surface area contributed by atoms with Crippen molar-refractivity contribution in [3.63, 3.8) is 0 Å². The molecule has 2 rings (SSSR count). The summed E-state index contributed by atoms with van der Waals surface area (Å²) in [5.41, 5.74) is 4.07. The Hall–Kier alpha value is -1.26. The predicted octanol–water partition coefficient (Wildman–Crippen LogP) is 2.64. The van der Waals surface area contributed by atoms with Crippen LogP contribution in [0.4, 0.5) is 0 Å². The Morgan fingerprint density at radius 2 is 1.79 bits per heavy atom. The zero-order valence-corrected chi connectivity index (χ0v) is 12.0. The zero-order chi connectivity index (χ0) is 13.8. The summed E-state index contributed by atoms with van der Waals surface area (Å²) in [5.74, 6) is 8.37. The van der Waals surface area contributed by atoms with E-state index in [9.17, 15) is 0 Å². The monoisotopic (exact) mass is 264 g/mol. The largest absolute Gasteiger partial charge is 0.490 e. The number of rotatable bonds is 4. The Bertz CT molecular complexity index is 421. The summed E-state index contributed by atoms with van der Waals surface area (Å²) in [4.78, 5) is 0. The first-order valence-electron chi connectivity index (χ1n) is 6.99. The van der Waals surface area contributed by atoms with Crippen LogP contribution in [0.2, 0.25) is 0 Å². The van der Waals surface area contributed by atoms with Gasteiger partial charge >= 0.3 is 0 Å². The minimum Gasteiger partial charge on any atom is -0.490 e. The molecular weight excluding hydrogens is 240 g/mol. The van der Waals surface area contributed by atoms with Crippen molar-refractivity contribution in [2.45, 2.75) is 33.2 Å². The SMILES string of the molecule is CC(C)C(C)C(NN)c1ccc2c(c1)OCCCO2. The van der Waals surface area contributed by atoms with Crippen LogP contribution in [0.15, 0.2) is 18.2 Å². The molecule has 2 atom stereocenters. The molecule has 1 aliphatic heterocycles. The van der Waals surface area contributed by atoms with Gasteiger partial charge in [-0.25, -0.2) is 0 Å². The van der Waals surface area contributed by atoms with Gasteiger partial charge in [-0.05, 0) is 29.5 Å². The third kappa shape index (κ3) is 3.19. The minimum atomic E-state index is 0.122. The normalized spacial score (nSPS) is 17.9. The van der Waals surface area contributed by atoms with Crippen LogP contribution in [0.5, 0.6) is 11.5 Å². The maximum absolute atomic E-state index is 5.73. The van der Waals surface area contributed by atoms with Gasteiger partial charge in [0.1, 0.15) is 0 Å². The number of hydrogen-bond acceptors (Lipinski definition) is 4. The van der Waals surface area contributed by atoms with Crippen LogP contribution in [0.1, 0.15) is 38.8 Å². The van der Waals surface area contributed by atoms with Crippen molar-refractivity contribution in [1.82, 2.24) is 5.43 Å². The third-order valence-corrected chi connectivity index (χ3v) is 3.89. The van der Waals surface area contributed by atoms with Crippen molar-refractivity contribution in [3.05, 3.63) is 23.8 Å². The van der Waals surface area contributed by atoms with Crippen molar-refractivity contribution >= 4 is 0 Å². The van der Waals surface area contributed by atoms with Crippen LogP contribution in [0.25, 0.3) is 0 Å². The Balaban J connectivity index is 2.26. The fraction of sp³-hybridized carbons (Fsp3) is 0.600. The van der Waals surface area contributed by atoms with Crippen molar-refractivity contribution in [2.24, 2.45) is 17.7 Å². The van der Waals surface area contributed by atoms with E-state index in [1.54, 1.807) is 0 Å². The maximum Gasteiger partial charge on any atom is 0.161 e. The molecule has 0 amide bonds. The summed E-state index contributed by atoms with van der Waals surface area (Å²) in [6, 6.07) is 6.21. The molecular formula is C15H24N2O2. The van der Waals surface area contributed by atoms with Crippen LogP contribution in [-0.2, 0) is 0 Å². The molecule has 19 heavy (non-hydrogen) atoms. The standard InChI is InChI=1S/C15H24N2O2/c1-10(2)11(3)15(17-16)12-5-6-13-14(9-12)19-8-4-7-18-13/h5-6,9-11,15,17H,4,7-8,16H2,1-3H3. The lowest BCUT2D eigenvalue weighted by molar-refractivity contribution is 0.295. The lowest BCUT2D eigenvalue weighted by Crippen LogP contribution is -2.34. The highest BCUT2D eigenvalue weighted by Crippen LogP contribution is 2.35. The van der Waals surface area contributed by atoms with Gasteiger partial charge in [-0.3, -0.25) is 11.3 Å². The first kappa shape index (κ1) is 14.2. The topological polar surface area (TPSA) is 56.5 Å². The van der Waals surface area contributed by atoms with Crippen molar-refractivity contribution in [1.29, 1.82) is 0 Å². The number of nitrogens with one attached hydrogen (secondary N) is 1. The molecule has 0 aromatic heterocycles. The van der Waals surface area contributed by atoms with E-state index in [0.29, 0.717) is 25.0 Å². The number of hydrogen-bond donors (Lipinski definition) is 2. The molecule has 0 radical (unpaired) electrons. The summed E-state index contributed by atoms with van der Waals surface area (Å²) in [6.45, 7) is 8.04. The van der Waals surface area contributed by atoms with Gasteiger partial charge in [0.15, 0.2) is 11.5 Å². The average Bonchev–Trinajstić information content (AvgIpc) is 2.64. The number of nitrogens with two attached hydrogens (primary N) is 1. The summed E-state index contributed by atoms with van der Waals surface area (Å²) in [6.07, 6.45) is 0.922. The highest BCUT2D eigenvalue weighted by Gasteiger charge is 2.22. The highest BCUT2D eigenvalue weighted by molar-refractivity contribution is 5.44. The van der Waals surface area contributed by atoms with Gasteiger partial charge in [0.05, 0.1) is 13.2 Å². The first-order valence-corrected chi connectivity index (χ1v) is 6.99. The molecule has 0 aliphatic carbocycles.